The molecule has 0 unspecified atom stereocenters. The van der Waals surface area contributed by atoms with Crippen molar-refractivity contribution in [3.63, 3.8) is 0 Å². The van der Waals surface area contributed by atoms with Gasteiger partial charge >= 0.3 is 0 Å². The molecule has 0 aromatic heterocycles. The zero-order valence-corrected chi connectivity index (χ0v) is 18.7. The molecule has 3 nitrogen and oxygen atoms in total. The zero-order chi connectivity index (χ0) is 21.8. The largest absolute Gasteiger partial charge is 0.481 e. The number of hydrogen-bond acceptors (Lipinski definition) is 2. The average molecular weight is 414 g/mol. The molecule has 3 aromatic rings. The molecule has 0 aliphatic heterocycles. The van der Waals surface area contributed by atoms with E-state index in [2.05, 4.69) is 55.6 Å². The second-order valence-corrected chi connectivity index (χ2v) is 8.57. The minimum Gasteiger partial charge on any atom is -0.481 e. The summed E-state index contributed by atoms with van der Waals surface area (Å²) in [6.07, 6.45) is 3.94. The number of fused-ring (bicyclic) bond motifs is 1. The minimum atomic E-state index is -0.578. The van der Waals surface area contributed by atoms with Crippen LogP contribution in [0.3, 0.4) is 0 Å². The van der Waals surface area contributed by atoms with Crippen molar-refractivity contribution in [3.05, 3.63) is 100 Å². The summed E-state index contributed by atoms with van der Waals surface area (Å²) in [5.41, 5.74) is 7.17. The molecule has 1 N–H and O–H groups in total. The Hall–Kier alpha value is -3.07. The van der Waals surface area contributed by atoms with Gasteiger partial charge in [0, 0.05) is 0 Å². The second-order valence-electron chi connectivity index (χ2n) is 8.57. The summed E-state index contributed by atoms with van der Waals surface area (Å²) in [7, 11) is 0. The first-order chi connectivity index (χ1) is 15.0. The summed E-state index contributed by atoms with van der Waals surface area (Å²) >= 11 is 0. The van der Waals surface area contributed by atoms with E-state index in [1.54, 1.807) is 0 Å². The summed E-state index contributed by atoms with van der Waals surface area (Å²) in [6.45, 7) is 6.02. The van der Waals surface area contributed by atoms with E-state index in [9.17, 15) is 4.79 Å². The maximum atomic E-state index is 13.2. The van der Waals surface area contributed by atoms with Gasteiger partial charge in [-0.1, -0.05) is 66.2 Å². The number of benzene rings is 3. The third-order valence-electron chi connectivity index (χ3n) is 6.18. The zero-order valence-electron chi connectivity index (χ0n) is 18.7. The highest BCUT2D eigenvalue weighted by atomic mass is 16.5. The van der Waals surface area contributed by atoms with Crippen molar-refractivity contribution < 1.29 is 9.53 Å². The quantitative estimate of drug-likeness (QED) is 0.550. The van der Waals surface area contributed by atoms with E-state index in [1.807, 2.05) is 37.3 Å². The molecule has 0 spiro atoms. The van der Waals surface area contributed by atoms with Crippen LogP contribution in [0.15, 0.2) is 66.7 Å². The van der Waals surface area contributed by atoms with Crippen LogP contribution in [0.4, 0.5) is 0 Å². The van der Waals surface area contributed by atoms with Crippen molar-refractivity contribution >= 4 is 5.91 Å². The van der Waals surface area contributed by atoms with Crippen LogP contribution < -0.4 is 10.1 Å². The van der Waals surface area contributed by atoms with Gasteiger partial charge in [-0.2, -0.15) is 0 Å². The lowest BCUT2D eigenvalue weighted by molar-refractivity contribution is -0.127. The summed E-state index contributed by atoms with van der Waals surface area (Å²) in [5, 5.41) is 3.25. The number of amides is 1. The summed E-state index contributed by atoms with van der Waals surface area (Å²) in [4.78, 5) is 13.2. The fourth-order valence-corrected chi connectivity index (χ4v) is 4.50. The molecule has 0 saturated carbocycles. The topological polar surface area (TPSA) is 38.3 Å². The molecule has 1 amide bonds. The monoisotopic (exact) mass is 413 g/mol. The summed E-state index contributed by atoms with van der Waals surface area (Å²) < 4.78 is 6.18. The molecule has 2 atom stereocenters. The highest BCUT2D eigenvalue weighted by Crippen LogP contribution is 2.31. The molecule has 3 heteroatoms. The van der Waals surface area contributed by atoms with Crippen LogP contribution in [0.25, 0.3) is 0 Å². The lowest BCUT2D eigenvalue weighted by Crippen LogP contribution is -2.39. The van der Waals surface area contributed by atoms with Crippen molar-refractivity contribution in [3.8, 4) is 5.75 Å². The van der Waals surface area contributed by atoms with Gasteiger partial charge in [0.1, 0.15) is 5.75 Å². The molecule has 1 aliphatic carbocycles. The fraction of sp³-hybridized carbons (Fsp3) is 0.321. The van der Waals surface area contributed by atoms with E-state index in [-0.39, 0.29) is 11.9 Å². The maximum Gasteiger partial charge on any atom is 0.261 e. The molecule has 0 fully saturated rings. The van der Waals surface area contributed by atoms with E-state index in [0.29, 0.717) is 0 Å². The van der Waals surface area contributed by atoms with Gasteiger partial charge in [0.25, 0.3) is 5.91 Å². The highest BCUT2D eigenvalue weighted by Gasteiger charge is 2.24. The van der Waals surface area contributed by atoms with Gasteiger partial charge < -0.3 is 10.1 Å². The van der Waals surface area contributed by atoms with Gasteiger partial charge in [0.2, 0.25) is 0 Å². The summed E-state index contributed by atoms with van der Waals surface area (Å²) in [6, 6.07) is 22.5. The van der Waals surface area contributed by atoms with Gasteiger partial charge in [0.05, 0.1) is 6.04 Å². The Balaban J connectivity index is 1.56. The first-order valence-corrected chi connectivity index (χ1v) is 11.2. The van der Waals surface area contributed by atoms with Crippen molar-refractivity contribution in [2.45, 2.75) is 58.6 Å². The van der Waals surface area contributed by atoms with Gasteiger partial charge in [-0.15, -0.1) is 0 Å². The van der Waals surface area contributed by atoms with Crippen LogP contribution in [-0.2, 0) is 17.6 Å². The fourth-order valence-electron chi connectivity index (χ4n) is 4.50. The van der Waals surface area contributed by atoms with Crippen LogP contribution in [-0.4, -0.2) is 12.0 Å². The lowest BCUT2D eigenvalue weighted by Gasteiger charge is -2.25. The predicted molar refractivity (Wildman–Crippen MR) is 126 cm³/mol. The van der Waals surface area contributed by atoms with E-state index < -0.39 is 6.10 Å². The van der Waals surface area contributed by atoms with Gasteiger partial charge in [-0.3, -0.25) is 4.79 Å². The number of ether oxygens (including phenoxy) is 1. The van der Waals surface area contributed by atoms with E-state index in [1.165, 1.54) is 35.1 Å². The molecular formula is C28H31NO2. The Kier molecular flexibility index (Phi) is 6.41. The molecule has 0 heterocycles. The first-order valence-electron chi connectivity index (χ1n) is 11.2. The molecule has 1 aliphatic rings. The standard InChI is InChI=1S/C28H31NO2/c1-19-16-17-24(20(2)18-19)27(23-11-5-4-6-12-23)29-28(30)21(3)31-26-15-9-13-22-10-7-8-14-25(22)26/h4-6,9,11-13,15-18,21,27H,7-8,10,14H2,1-3H3,(H,29,30)/t21-,27-/m1/s1. The lowest BCUT2D eigenvalue weighted by atomic mass is 9.91. The summed E-state index contributed by atoms with van der Waals surface area (Å²) in [5.74, 6) is 0.741. The Morgan fingerprint density at radius 3 is 2.48 bits per heavy atom. The van der Waals surface area contributed by atoms with Crippen molar-refractivity contribution in [1.82, 2.24) is 5.32 Å². The van der Waals surface area contributed by atoms with Crippen molar-refractivity contribution in [2.75, 3.05) is 0 Å². The first kappa shape index (κ1) is 21.2. The number of carbonyl (C=O) groups excluding carboxylic acids is 1. The molecule has 4 rings (SSSR count). The number of carbonyl (C=O) groups is 1. The second kappa shape index (κ2) is 9.38. The van der Waals surface area contributed by atoms with Crippen molar-refractivity contribution in [1.29, 1.82) is 0 Å². The van der Waals surface area contributed by atoms with E-state index >= 15 is 0 Å². The number of nitrogens with one attached hydrogen (secondary N) is 1. The molecule has 3 aromatic carbocycles. The maximum absolute atomic E-state index is 13.2. The van der Waals surface area contributed by atoms with Crippen LogP contribution in [0.2, 0.25) is 0 Å². The Labute approximate surface area is 185 Å². The van der Waals surface area contributed by atoms with Gasteiger partial charge in [-0.05, 0) is 80.3 Å². The molecule has 0 radical (unpaired) electrons. The molecule has 0 saturated heterocycles. The predicted octanol–water partition coefficient (Wildman–Crippen LogP) is 5.86. The third-order valence-corrected chi connectivity index (χ3v) is 6.18. The normalized spacial score (nSPS) is 14.9. The van der Waals surface area contributed by atoms with Crippen LogP contribution in [0.5, 0.6) is 5.75 Å². The SMILES string of the molecule is Cc1ccc([C@H](NC(=O)[C@@H](C)Oc2cccc3c2CCCC3)c2ccccc2)c(C)c1. The average Bonchev–Trinajstić information content (AvgIpc) is 2.78. The van der Waals surface area contributed by atoms with Crippen LogP contribution >= 0.6 is 0 Å². The Bertz CT molecular complexity index is 1060. The molecule has 160 valence electrons. The van der Waals surface area contributed by atoms with Gasteiger partial charge in [0.15, 0.2) is 6.10 Å². The number of hydrogen-bond donors (Lipinski definition) is 1. The minimum absolute atomic E-state index is 0.109. The van der Waals surface area contributed by atoms with Gasteiger partial charge in [-0.25, -0.2) is 0 Å². The Morgan fingerprint density at radius 2 is 1.71 bits per heavy atom. The molecular weight excluding hydrogens is 382 g/mol. The smallest absolute Gasteiger partial charge is 0.261 e. The molecule has 31 heavy (non-hydrogen) atoms. The van der Waals surface area contributed by atoms with Crippen LogP contribution in [0, 0.1) is 13.8 Å². The van der Waals surface area contributed by atoms with E-state index in [4.69, 9.17) is 4.74 Å². The van der Waals surface area contributed by atoms with Crippen LogP contribution in [0.1, 0.15) is 59.2 Å². The third kappa shape index (κ3) is 4.82. The Morgan fingerprint density at radius 1 is 0.935 bits per heavy atom. The number of rotatable bonds is 6. The molecule has 0 bridgehead atoms. The highest BCUT2D eigenvalue weighted by molar-refractivity contribution is 5.81. The van der Waals surface area contributed by atoms with E-state index in [0.717, 1.165) is 29.7 Å². The van der Waals surface area contributed by atoms with Crippen molar-refractivity contribution in [2.24, 2.45) is 0 Å². The number of aryl methyl sites for hydroxylation is 3.